The predicted molar refractivity (Wildman–Crippen MR) is 141 cm³/mol. The van der Waals surface area contributed by atoms with Crippen LogP contribution in [0.4, 0.5) is 30.7 Å². The molecule has 0 aliphatic rings. The molecule has 0 bridgehead atoms. The summed E-state index contributed by atoms with van der Waals surface area (Å²) in [5, 5.41) is 0.726. The summed E-state index contributed by atoms with van der Waals surface area (Å²) in [5.74, 6) is -1.24. The Morgan fingerprint density at radius 3 is 1.77 bits per heavy atom. The number of hydrogen-bond acceptors (Lipinski definition) is 1. The molecule has 198 valence electrons. The minimum atomic E-state index is -4.92. The SMILES string of the molecule is C=Cc1ccc(C(F)(F)F)cc1P(=O)(c1cc(C(F)(F)F)ccc1F)c1cc2ccccc2c2ccccc12. The van der Waals surface area contributed by atoms with Gasteiger partial charge in [-0.2, -0.15) is 26.3 Å². The molecule has 0 spiro atoms. The average Bonchev–Trinajstić information content (AvgIpc) is 2.91. The van der Waals surface area contributed by atoms with Crippen LogP contribution in [-0.4, -0.2) is 0 Å². The molecule has 0 aliphatic heterocycles. The summed E-state index contributed by atoms with van der Waals surface area (Å²) >= 11 is 0. The number of hydrogen-bond donors (Lipinski definition) is 0. The maximum atomic E-state index is 15.5. The van der Waals surface area contributed by atoms with Gasteiger partial charge in [0.25, 0.3) is 0 Å². The summed E-state index contributed by atoms with van der Waals surface area (Å²) < 4.78 is 114. The Balaban J connectivity index is 2.02. The van der Waals surface area contributed by atoms with Crippen LogP contribution in [0.5, 0.6) is 0 Å². The van der Waals surface area contributed by atoms with Crippen molar-refractivity contribution in [1.29, 1.82) is 0 Å². The first-order chi connectivity index (χ1) is 18.4. The van der Waals surface area contributed by atoms with E-state index in [1.807, 2.05) is 0 Å². The maximum Gasteiger partial charge on any atom is 0.416 e. The molecule has 5 aromatic carbocycles. The Hall–Kier alpha value is -3.90. The third-order valence-corrected chi connectivity index (χ3v) is 9.75. The largest absolute Gasteiger partial charge is 0.416 e. The van der Waals surface area contributed by atoms with E-state index in [-0.39, 0.29) is 10.9 Å². The van der Waals surface area contributed by atoms with Crippen molar-refractivity contribution in [3.05, 3.63) is 120 Å². The normalized spacial score (nSPS) is 13.9. The Morgan fingerprint density at radius 2 is 1.15 bits per heavy atom. The molecule has 39 heavy (non-hydrogen) atoms. The van der Waals surface area contributed by atoms with Crippen molar-refractivity contribution in [2.45, 2.75) is 12.4 Å². The Bertz CT molecular complexity index is 1800. The van der Waals surface area contributed by atoms with Crippen molar-refractivity contribution in [2.24, 2.45) is 0 Å². The second kappa shape index (κ2) is 9.38. The van der Waals surface area contributed by atoms with Gasteiger partial charge < -0.3 is 4.57 Å². The van der Waals surface area contributed by atoms with Gasteiger partial charge in [-0.3, -0.25) is 0 Å². The van der Waals surface area contributed by atoms with Gasteiger partial charge in [-0.1, -0.05) is 67.3 Å². The molecule has 0 amide bonds. The summed E-state index contributed by atoms with van der Waals surface area (Å²) in [7, 11) is -4.76. The molecular formula is C30H18F7OP. The van der Waals surface area contributed by atoms with E-state index in [4.69, 9.17) is 0 Å². The molecule has 0 fully saturated rings. The maximum absolute atomic E-state index is 15.5. The van der Waals surface area contributed by atoms with E-state index in [9.17, 15) is 26.3 Å². The zero-order valence-electron chi connectivity index (χ0n) is 19.9. The highest BCUT2D eigenvalue weighted by Gasteiger charge is 2.41. The van der Waals surface area contributed by atoms with Crippen LogP contribution < -0.4 is 15.9 Å². The lowest BCUT2D eigenvalue weighted by Crippen LogP contribution is -2.31. The highest BCUT2D eigenvalue weighted by atomic mass is 31.2. The van der Waals surface area contributed by atoms with Gasteiger partial charge in [0, 0.05) is 10.6 Å². The fourth-order valence-corrected chi connectivity index (χ4v) is 7.96. The van der Waals surface area contributed by atoms with E-state index >= 15 is 8.96 Å². The van der Waals surface area contributed by atoms with Crippen LogP contribution in [0.1, 0.15) is 16.7 Å². The first-order valence-corrected chi connectivity index (χ1v) is 13.3. The number of halogens is 7. The van der Waals surface area contributed by atoms with Crippen molar-refractivity contribution >= 4 is 50.7 Å². The topological polar surface area (TPSA) is 17.1 Å². The Morgan fingerprint density at radius 1 is 0.615 bits per heavy atom. The lowest BCUT2D eigenvalue weighted by atomic mass is 10.0. The third kappa shape index (κ3) is 4.53. The van der Waals surface area contributed by atoms with Crippen molar-refractivity contribution in [2.75, 3.05) is 0 Å². The van der Waals surface area contributed by atoms with Crippen LogP contribution >= 0.6 is 7.14 Å². The van der Waals surface area contributed by atoms with Gasteiger partial charge in [0.1, 0.15) is 5.82 Å². The van der Waals surface area contributed by atoms with Crippen LogP contribution in [0.25, 0.3) is 27.6 Å². The van der Waals surface area contributed by atoms with Crippen LogP contribution in [0.2, 0.25) is 0 Å². The summed E-state index contributed by atoms with van der Waals surface area (Å²) in [4.78, 5) is 0. The van der Waals surface area contributed by atoms with E-state index in [0.29, 0.717) is 40.4 Å². The van der Waals surface area contributed by atoms with E-state index < -0.39 is 47.0 Å². The second-order valence-corrected chi connectivity index (χ2v) is 11.6. The zero-order chi connectivity index (χ0) is 28.2. The lowest BCUT2D eigenvalue weighted by molar-refractivity contribution is -0.138. The predicted octanol–water partition coefficient (Wildman–Crippen LogP) is 8.45. The highest BCUT2D eigenvalue weighted by molar-refractivity contribution is 7.85. The fourth-order valence-electron chi connectivity index (χ4n) is 4.78. The van der Waals surface area contributed by atoms with E-state index in [1.165, 1.54) is 6.07 Å². The van der Waals surface area contributed by atoms with E-state index in [1.54, 1.807) is 48.5 Å². The zero-order valence-corrected chi connectivity index (χ0v) is 20.8. The minimum Gasteiger partial charge on any atom is -0.308 e. The van der Waals surface area contributed by atoms with Crippen LogP contribution in [0.15, 0.2) is 97.6 Å². The van der Waals surface area contributed by atoms with Gasteiger partial charge >= 0.3 is 12.4 Å². The number of benzene rings is 5. The average molecular weight is 558 g/mol. The lowest BCUT2D eigenvalue weighted by Gasteiger charge is -2.26. The molecule has 0 saturated carbocycles. The molecule has 1 atom stereocenters. The number of alkyl halides is 6. The molecule has 0 aliphatic carbocycles. The standard InChI is InChI=1S/C30H18F7OP/c1-2-18-11-12-20(29(32,33)34)16-26(18)39(38,28-17-21(30(35,36)37)13-14-25(28)31)27-15-19-7-3-4-8-22(19)23-9-5-6-10-24(23)27/h2-17H,1H2. The van der Waals surface area contributed by atoms with Gasteiger partial charge in [-0.05, 0) is 63.5 Å². The summed E-state index contributed by atoms with van der Waals surface area (Å²) in [5.41, 5.74) is -2.49. The minimum absolute atomic E-state index is 0.0274. The molecule has 5 aromatic rings. The third-order valence-electron chi connectivity index (χ3n) is 6.62. The molecule has 1 unspecified atom stereocenters. The van der Waals surface area contributed by atoms with Gasteiger partial charge in [-0.25, -0.2) is 4.39 Å². The fraction of sp³-hybridized carbons (Fsp3) is 0.0667. The van der Waals surface area contributed by atoms with Crippen molar-refractivity contribution < 1.29 is 35.3 Å². The van der Waals surface area contributed by atoms with E-state index in [0.717, 1.165) is 23.6 Å². The Labute approximate surface area is 218 Å². The smallest absolute Gasteiger partial charge is 0.308 e. The van der Waals surface area contributed by atoms with Crippen molar-refractivity contribution in [3.63, 3.8) is 0 Å². The molecule has 5 rings (SSSR count). The van der Waals surface area contributed by atoms with Gasteiger partial charge in [0.2, 0.25) is 0 Å². The monoisotopic (exact) mass is 558 g/mol. The first-order valence-electron chi connectivity index (χ1n) is 11.6. The molecule has 0 saturated heterocycles. The number of fused-ring (bicyclic) bond motifs is 3. The molecule has 0 aromatic heterocycles. The van der Waals surface area contributed by atoms with Crippen molar-refractivity contribution in [3.8, 4) is 0 Å². The first kappa shape index (κ1) is 26.7. The summed E-state index contributed by atoms with van der Waals surface area (Å²) in [6.45, 7) is 3.60. The highest BCUT2D eigenvalue weighted by Crippen LogP contribution is 2.49. The van der Waals surface area contributed by atoms with Crippen LogP contribution in [0, 0.1) is 5.82 Å². The van der Waals surface area contributed by atoms with Gasteiger partial charge in [-0.15, -0.1) is 0 Å². The summed E-state index contributed by atoms with van der Waals surface area (Å²) in [6.07, 6.45) is -8.64. The van der Waals surface area contributed by atoms with Gasteiger partial charge in [0.05, 0.1) is 16.4 Å². The molecular weight excluding hydrogens is 540 g/mol. The molecule has 0 N–H and O–H groups in total. The van der Waals surface area contributed by atoms with Gasteiger partial charge in [0.15, 0.2) is 7.14 Å². The number of rotatable bonds is 4. The molecule has 1 nitrogen and oxygen atoms in total. The van der Waals surface area contributed by atoms with Crippen LogP contribution in [0.3, 0.4) is 0 Å². The quantitative estimate of drug-likeness (QED) is 0.123. The molecule has 9 heteroatoms. The molecule has 0 heterocycles. The summed E-state index contributed by atoms with van der Waals surface area (Å²) in [6, 6.07) is 18.8. The second-order valence-electron chi connectivity index (χ2n) is 8.91. The van der Waals surface area contributed by atoms with Crippen LogP contribution in [-0.2, 0) is 16.9 Å². The molecule has 0 radical (unpaired) electrons. The van der Waals surface area contributed by atoms with E-state index in [2.05, 4.69) is 6.58 Å². The Kier molecular flexibility index (Phi) is 6.42. The van der Waals surface area contributed by atoms with Crippen molar-refractivity contribution in [1.82, 2.24) is 0 Å².